The number of carbonyl (C=O) groups excluding carboxylic acids is 1. The summed E-state index contributed by atoms with van der Waals surface area (Å²) in [4.78, 5) is 11.6. The summed E-state index contributed by atoms with van der Waals surface area (Å²) in [6.07, 6.45) is -0.234. The van der Waals surface area contributed by atoms with Crippen molar-refractivity contribution in [3.8, 4) is 6.07 Å². The SMILES string of the molecule is CCNC(=S)C(C#N)C(=O)OC(C)C. The smallest absolute Gasteiger partial charge is 0.330 e. The minimum atomic E-state index is -0.993. The maximum atomic E-state index is 11.3. The van der Waals surface area contributed by atoms with Gasteiger partial charge in [0.05, 0.1) is 12.2 Å². The Balaban J connectivity index is 4.35. The van der Waals surface area contributed by atoms with E-state index in [4.69, 9.17) is 22.2 Å². The van der Waals surface area contributed by atoms with Crippen LogP contribution in [0.4, 0.5) is 0 Å². The summed E-state index contributed by atoms with van der Waals surface area (Å²) in [5, 5.41) is 11.5. The highest BCUT2D eigenvalue weighted by Crippen LogP contribution is 2.03. The second-order valence-electron chi connectivity index (χ2n) is 2.94. The number of nitrogens with one attached hydrogen (secondary N) is 1. The minimum absolute atomic E-state index is 0.223. The molecule has 0 aromatic rings. The molecule has 0 saturated carbocycles. The molecule has 0 heterocycles. The van der Waals surface area contributed by atoms with Crippen LogP contribution in [0.3, 0.4) is 0 Å². The molecule has 0 aromatic carbocycles. The van der Waals surface area contributed by atoms with Gasteiger partial charge in [-0.3, -0.25) is 4.79 Å². The largest absolute Gasteiger partial charge is 0.462 e. The van der Waals surface area contributed by atoms with Crippen LogP contribution in [0.1, 0.15) is 20.8 Å². The van der Waals surface area contributed by atoms with Crippen molar-refractivity contribution >= 4 is 23.2 Å². The van der Waals surface area contributed by atoms with E-state index in [0.29, 0.717) is 6.54 Å². The van der Waals surface area contributed by atoms with E-state index in [1.54, 1.807) is 13.8 Å². The van der Waals surface area contributed by atoms with Crippen molar-refractivity contribution in [2.24, 2.45) is 5.92 Å². The van der Waals surface area contributed by atoms with Crippen molar-refractivity contribution < 1.29 is 9.53 Å². The van der Waals surface area contributed by atoms with E-state index in [1.807, 2.05) is 13.0 Å². The molecule has 0 fully saturated rings. The first-order valence-corrected chi connectivity index (χ1v) is 4.81. The summed E-state index contributed by atoms with van der Waals surface area (Å²) in [6.45, 7) is 5.88. The lowest BCUT2D eigenvalue weighted by Gasteiger charge is -2.13. The van der Waals surface area contributed by atoms with Gasteiger partial charge in [-0.2, -0.15) is 5.26 Å². The van der Waals surface area contributed by atoms with Gasteiger partial charge in [0.25, 0.3) is 0 Å². The lowest BCUT2D eigenvalue weighted by atomic mass is 10.1. The number of esters is 1. The van der Waals surface area contributed by atoms with Crippen LogP contribution in [-0.4, -0.2) is 23.6 Å². The van der Waals surface area contributed by atoms with Crippen molar-refractivity contribution in [2.45, 2.75) is 26.9 Å². The Labute approximate surface area is 89.2 Å². The predicted molar refractivity (Wildman–Crippen MR) is 56.6 cm³/mol. The van der Waals surface area contributed by atoms with Crippen LogP contribution in [-0.2, 0) is 9.53 Å². The van der Waals surface area contributed by atoms with E-state index in [0.717, 1.165) is 0 Å². The second-order valence-corrected chi connectivity index (χ2v) is 3.38. The molecular formula is C9H14N2O2S. The van der Waals surface area contributed by atoms with Crippen LogP contribution >= 0.6 is 12.2 Å². The number of nitrogens with zero attached hydrogens (tertiary/aromatic N) is 1. The molecule has 14 heavy (non-hydrogen) atoms. The first-order chi connectivity index (χ1) is 6.52. The lowest BCUT2D eigenvalue weighted by Crippen LogP contribution is -2.34. The van der Waals surface area contributed by atoms with Crippen molar-refractivity contribution in [1.82, 2.24) is 5.32 Å². The van der Waals surface area contributed by atoms with Gasteiger partial charge in [-0.15, -0.1) is 0 Å². The highest BCUT2D eigenvalue weighted by molar-refractivity contribution is 7.80. The van der Waals surface area contributed by atoms with Crippen molar-refractivity contribution in [3.63, 3.8) is 0 Å². The van der Waals surface area contributed by atoms with Crippen LogP contribution < -0.4 is 5.32 Å². The lowest BCUT2D eigenvalue weighted by molar-refractivity contribution is -0.148. The Bertz CT molecular complexity index is 258. The predicted octanol–water partition coefficient (Wildman–Crippen LogP) is 1.01. The highest BCUT2D eigenvalue weighted by atomic mass is 32.1. The Kier molecular flexibility index (Phi) is 5.81. The zero-order chi connectivity index (χ0) is 11.1. The molecule has 1 N–H and O–H groups in total. The van der Waals surface area contributed by atoms with Gasteiger partial charge < -0.3 is 10.1 Å². The summed E-state index contributed by atoms with van der Waals surface area (Å²) in [5.74, 6) is -1.58. The summed E-state index contributed by atoms with van der Waals surface area (Å²) < 4.78 is 4.88. The summed E-state index contributed by atoms with van der Waals surface area (Å²) in [7, 11) is 0. The third-order valence-corrected chi connectivity index (χ3v) is 1.71. The van der Waals surface area contributed by atoms with E-state index >= 15 is 0 Å². The van der Waals surface area contributed by atoms with Crippen molar-refractivity contribution in [3.05, 3.63) is 0 Å². The van der Waals surface area contributed by atoms with E-state index in [-0.39, 0.29) is 11.1 Å². The standard InChI is InChI=1S/C9H14N2O2S/c1-4-11-8(14)7(5-10)9(12)13-6(2)3/h6-7H,4H2,1-3H3,(H,11,14). The Hall–Kier alpha value is -1.15. The van der Waals surface area contributed by atoms with Gasteiger partial charge in [-0.1, -0.05) is 12.2 Å². The topological polar surface area (TPSA) is 62.1 Å². The number of thiocarbonyl (C=S) groups is 1. The van der Waals surface area contributed by atoms with Gasteiger partial charge in [-0.25, -0.2) is 0 Å². The van der Waals surface area contributed by atoms with Gasteiger partial charge in [0.1, 0.15) is 4.99 Å². The molecule has 0 amide bonds. The average molecular weight is 214 g/mol. The van der Waals surface area contributed by atoms with Crippen molar-refractivity contribution in [2.75, 3.05) is 6.54 Å². The third-order valence-electron chi connectivity index (χ3n) is 1.33. The Morgan fingerprint density at radius 2 is 2.21 bits per heavy atom. The van der Waals surface area contributed by atoms with Crippen LogP contribution in [0.15, 0.2) is 0 Å². The molecular weight excluding hydrogens is 200 g/mol. The molecule has 0 aromatic heterocycles. The second kappa shape index (κ2) is 6.33. The quantitative estimate of drug-likeness (QED) is 0.559. The molecule has 4 nitrogen and oxygen atoms in total. The van der Waals surface area contributed by atoms with Crippen molar-refractivity contribution in [1.29, 1.82) is 5.26 Å². The normalized spacial score (nSPS) is 11.6. The molecule has 0 rings (SSSR count). The van der Waals surface area contributed by atoms with Gasteiger partial charge in [0.15, 0.2) is 5.92 Å². The van der Waals surface area contributed by atoms with E-state index in [9.17, 15) is 4.79 Å². The molecule has 0 aliphatic heterocycles. The van der Waals surface area contributed by atoms with E-state index in [2.05, 4.69) is 5.32 Å². The fourth-order valence-electron chi connectivity index (χ4n) is 0.795. The fourth-order valence-corrected chi connectivity index (χ4v) is 1.09. The summed E-state index contributed by atoms with van der Waals surface area (Å²) in [6, 6.07) is 1.81. The maximum Gasteiger partial charge on any atom is 0.330 e. The first kappa shape index (κ1) is 12.8. The number of rotatable bonds is 4. The van der Waals surface area contributed by atoms with Crippen LogP contribution in [0.5, 0.6) is 0 Å². The first-order valence-electron chi connectivity index (χ1n) is 4.40. The zero-order valence-corrected chi connectivity index (χ0v) is 9.35. The molecule has 0 aliphatic carbocycles. The Morgan fingerprint density at radius 1 is 1.64 bits per heavy atom. The summed E-state index contributed by atoms with van der Waals surface area (Å²) >= 11 is 4.87. The number of hydrogen-bond acceptors (Lipinski definition) is 4. The molecule has 0 spiro atoms. The number of nitriles is 1. The number of carbonyl (C=O) groups is 1. The molecule has 0 radical (unpaired) electrons. The molecule has 0 saturated heterocycles. The number of hydrogen-bond donors (Lipinski definition) is 1. The Morgan fingerprint density at radius 3 is 2.57 bits per heavy atom. The maximum absolute atomic E-state index is 11.3. The molecule has 0 aliphatic rings. The minimum Gasteiger partial charge on any atom is -0.462 e. The monoisotopic (exact) mass is 214 g/mol. The molecule has 5 heteroatoms. The van der Waals surface area contributed by atoms with Gasteiger partial charge in [0, 0.05) is 6.54 Å². The van der Waals surface area contributed by atoms with E-state index in [1.165, 1.54) is 0 Å². The third kappa shape index (κ3) is 4.19. The van der Waals surface area contributed by atoms with Gasteiger partial charge >= 0.3 is 5.97 Å². The molecule has 1 atom stereocenters. The van der Waals surface area contributed by atoms with Gasteiger partial charge in [0.2, 0.25) is 0 Å². The van der Waals surface area contributed by atoms with Crippen LogP contribution in [0.2, 0.25) is 0 Å². The molecule has 78 valence electrons. The zero-order valence-electron chi connectivity index (χ0n) is 8.53. The fraction of sp³-hybridized carbons (Fsp3) is 0.667. The highest BCUT2D eigenvalue weighted by Gasteiger charge is 2.24. The van der Waals surface area contributed by atoms with Gasteiger partial charge in [-0.05, 0) is 20.8 Å². The summed E-state index contributed by atoms with van der Waals surface area (Å²) in [5.41, 5.74) is 0. The van der Waals surface area contributed by atoms with Crippen LogP contribution in [0, 0.1) is 17.2 Å². The molecule has 0 bridgehead atoms. The average Bonchev–Trinajstić information content (AvgIpc) is 2.04. The number of ether oxygens (including phenoxy) is 1. The van der Waals surface area contributed by atoms with Crippen LogP contribution in [0.25, 0.3) is 0 Å². The molecule has 1 unspecified atom stereocenters. The van der Waals surface area contributed by atoms with E-state index < -0.39 is 11.9 Å².